The van der Waals surface area contributed by atoms with Crippen LogP contribution in [0.4, 0.5) is 5.69 Å². The van der Waals surface area contributed by atoms with Gasteiger partial charge in [0, 0.05) is 10.4 Å². The van der Waals surface area contributed by atoms with Crippen LogP contribution in [0.25, 0.3) is 21.5 Å². The van der Waals surface area contributed by atoms with Gasteiger partial charge in [0.2, 0.25) is 0 Å². The second kappa shape index (κ2) is 7.08. The predicted octanol–water partition coefficient (Wildman–Crippen LogP) is 6.52. The molecule has 0 saturated carbocycles. The predicted molar refractivity (Wildman–Crippen MR) is 109 cm³/mol. The Labute approximate surface area is 164 Å². The molecule has 0 saturated heterocycles. The number of amides is 1. The molecule has 0 radical (unpaired) electrons. The SMILES string of the molecule is O=C(Nc1ccc(Cl)cc1Cl)c1cc(-c2cccs2)nc2ccccc12. The Bertz CT molecular complexity index is 1110. The standard InChI is InChI=1S/C20H12Cl2N2OS/c21-12-7-8-17(15(22)10-12)24-20(25)14-11-18(19-6-3-9-26-19)23-16-5-2-1-4-13(14)16/h1-11H,(H,24,25). The number of hydrogen-bond acceptors (Lipinski definition) is 3. The molecule has 2 heterocycles. The molecule has 0 bridgehead atoms. The van der Waals surface area contributed by atoms with Crippen LogP contribution in [-0.4, -0.2) is 10.9 Å². The highest BCUT2D eigenvalue weighted by molar-refractivity contribution is 7.13. The largest absolute Gasteiger partial charge is 0.321 e. The number of nitrogens with zero attached hydrogens (tertiary/aromatic N) is 1. The lowest BCUT2D eigenvalue weighted by Gasteiger charge is -2.11. The third-order valence-corrected chi connectivity index (χ3v) is 5.35. The number of fused-ring (bicyclic) bond motifs is 1. The number of carbonyl (C=O) groups excluding carboxylic acids is 1. The van der Waals surface area contributed by atoms with Crippen LogP contribution >= 0.6 is 34.5 Å². The van der Waals surface area contributed by atoms with Crippen LogP contribution in [0.15, 0.2) is 66.0 Å². The van der Waals surface area contributed by atoms with Crippen molar-refractivity contribution in [3.05, 3.63) is 81.7 Å². The first kappa shape index (κ1) is 17.0. The molecule has 4 aromatic rings. The molecule has 0 aliphatic rings. The van der Waals surface area contributed by atoms with E-state index < -0.39 is 0 Å². The van der Waals surface area contributed by atoms with Crippen LogP contribution in [0.3, 0.4) is 0 Å². The molecule has 0 spiro atoms. The Morgan fingerprint density at radius 1 is 1.00 bits per heavy atom. The molecule has 0 unspecified atom stereocenters. The van der Waals surface area contributed by atoms with E-state index in [2.05, 4.69) is 10.3 Å². The van der Waals surface area contributed by atoms with Crippen molar-refractivity contribution in [2.75, 3.05) is 5.32 Å². The first-order valence-corrected chi connectivity index (χ1v) is 9.45. The van der Waals surface area contributed by atoms with Crippen LogP contribution < -0.4 is 5.32 Å². The average Bonchev–Trinajstić information content (AvgIpc) is 3.18. The number of carbonyl (C=O) groups is 1. The molecule has 3 nitrogen and oxygen atoms in total. The van der Waals surface area contributed by atoms with Gasteiger partial charge in [0.05, 0.1) is 32.4 Å². The molecule has 6 heteroatoms. The van der Waals surface area contributed by atoms with Gasteiger partial charge in [0.25, 0.3) is 5.91 Å². The van der Waals surface area contributed by atoms with E-state index in [-0.39, 0.29) is 5.91 Å². The van der Waals surface area contributed by atoms with Gasteiger partial charge in [-0.05, 0) is 41.8 Å². The van der Waals surface area contributed by atoms with Crippen molar-refractivity contribution in [1.82, 2.24) is 4.98 Å². The van der Waals surface area contributed by atoms with Crippen molar-refractivity contribution in [1.29, 1.82) is 0 Å². The summed E-state index contributed by atoms with van der Waals surface area (Å²) in [7, 11) is 0. The molecule has 2 aromatic heterocycles. The van der Waals surface area contributed by atoms with Gasteiger partial charge in [-0.25, -0.2) is 4.98 Å². The van der Waals surface area contributed by atoms with Gasteiger partial charge in [0.1, 0.15) is 0 Å². The summed E-state index contributed by atoms with van der Waals surface area (Å²) in [5.41, 5.74) is 2.60. The molecular weight excluding hydrogens is 387 g/mol. The fourth-order valence-electron chi connectivity index (χ4n) is 2.69. The molecule has 1 amide bonds. The molecule has 0 atom stereocenters. The molecule has 0 fully saturated rings. The molecule has 2 aromatic carbocycles. The summed E-state index contributed by atoms with van der Waals surface area (Å²) in [5.74, 6) is -0.245. The number of benzene rings is 2. The van der Waals surface area contributed by atoms with Crippen molar-refractivity contribution in [2.45, 2.75) is 0 Å². The fraction of sp³-hybridized carbons (Fsp3) is 0. The van der Waals surface area contributed by atoms with E-state index in [0.29, 0.717) is 21.3 Å². The number of hydrogen-bond donors (Lipinski definition) is 1. The number of para-hydroxylation sites is 1. The zero-order chi connectivity index (χ0) is 18.1. The minimum atomic E-state index is -0.245. The molecule has 26 heavy (non-hydrogen) atoms. The lowest BCUT2D eigenvalue weighted by Crippen LogP contribution is -2.13. The van der Waals surface area contributed by atoms with E-state index in [4.69, 9.17) is 23.2 Å². The maximum atomic E-state index is 13.0. The van der Waals surface area contributed by atoms with Crippen LogP contribution in [0.5, 0.6) is 0 Å². The minimum absolute atomic E-state index is 0.245. The zero-order valence-corrected chi connectivity index (χ0v) is 15.7. The second-order valence-electron chi connectivity index (χ2n) is 5.63. The Morgan fingerprint density at radius 3 is 2.62 bits per heavy atom. The van der Waals surface area contributed by atoms with Crippen LogP contribution in [0.2, 0.25) is 10.0 Å². The van der Waals surface area contributed by atoms with E-state index in [1.54, 1.807) is 29.5 Å². The number of aromatic nitrogens is 1. The highest BCUT2D eigenvalue weighted by Gasteiger charge is 2.15. The quantitative estimate of drug-likeness (QED) is 0.426. The lowest BCUT2D eigenvalue weighted by atomic mass is 10.1. The Hall–Kier alpha value is -2.40. The molecule has 4 rings (SSSR count). The topological polar surface area (TPSA) is 42.0 Å². The Kier molecular flexibility index (Phi) is 4.64. The van der Waals surface area contributed by atoms with Gasteiger partial charge >= 0.3 is 0 Å². The van der Waals surface area contributed by atoms with Gasteiger partial charge < -0.3 is 5.32 Å². The van der Waals surface area contributed by atoms with E-state index in [1.807, 2.05) is 47.8 Å². The van der Waals surface area contributed by atoms with Crippen molar-refractivity contribution in [3.63, 3.8) is 0 Å². The molecule has 0 aliphatic carbocycles. The number of nitrogens with one attached hydrogen (secondary N) is 1. The Morgan fingerprint density at radius 2 is 1.85 bits per heavy atom. The van der Waals surface area contributed by atoms with Gasteiger partial charge in [0.15, 0.2) is 0 Å². The lowest BCUT2D eigenvalue weighted by molar-refractivity contribution is 0.102. The number of halogens is 2. The average molecular weight is 399 g/mol. The number of thiophene rings is 1. The highest BCUT2D eigenvalue weighted by atomic mass is 35.5. The van der Waals surface area contributed by atoms with E-state index in [1.165, 1.54) is 0 Å². The molecular formula is C20H12Cl2N2OS. The van der Waals surface area contributed by atoms with Gasteiger partial charge in [-0.3, -0.25) is 4.79 Å². The van der Waals surface area contributed by atoms with Gasteiger partial charge in [-0.2, -0.15) is 0 Å². The summed E-state index contributed by atoms with van der Waals surface area (Å²) in [5, 5.41) is 6.54. The first-order chi connectivity index (χ1) is 12.6. The van der Waals surface area contributed by atoms with Crippen molar-refractivity contribution in [3.8, 4) is 10.6 Å². The highest BCUT2D eigenvalue weighted by Crippen LogP contribution is 2.30. The third kappa shape index (κ3) is 3.31. The maximum Gasteiger partial charge on any atom is 0.256 e. The number of rotatable bonds is 3. The molecule has 1 N–H and O–H groups in total. The maximum absolute atomic E-state index is 13.0. The smallest absolute Gasteiger partial charge is 0.256 e. The van der Waals surface area contributed by atoms with E-state index in [9.17, 15) is 4.79 Å². The molecule has 128 valence electrons. The van der Waals surface area contributed by atoms with Gasteiger partial charge in [-0.15, -0.1) is 11.3 Å². The third-order valence-electron chi connectivity index (χ3n) is 3.91. The van der Waals surface area contributed by atoms with Crippen LogP contribution in [0.1, 0.15) is 10.4 Å². The van der Waals surface area contributed by atoms with E-state index in [0.717, 1.165) is 21.5 Å². The normalized spacial score (nSPS) is 10.8. The van der Waals surface area contributed by atoms with Crippen molar-refractivity contribution < 1.29 is 4.79 Å². The van der Waals surface area contributed by atoms with Crippen molar-refractivity contribution in [2.24, 2.45) is 0 Å². The van der Waals surface area contributed by atoms with E-state index >= 15 is 0 Å². The summed E-state index contributed by atoms with van der Waals surface area (Å²) in [6.07, 6.45) is 0. The van der Waals surface area contributed by atoms with Crippen molar-refractivity contribution >= 4 is 57.0 Å². The fourth-order valence-corrected chi connectivity index (χ4v) is 3.84. The monoisotopic (exact) mass is 398 g/mol. The van der Waals surface area contributed by atoms with Crippen LogP contribution in [0, 0.1) is 0 Å². The zero-order valence-electron chi connectivity index (χ0n) is 13.4. The van der Waals surface area contributed by atoms with Gasteiger partial charge in [-0.1, -0.05) is 47.5 Å². The first-order valence-electron chi connectivity index (χ1n) is 7.82. The number of pyridine rings is 1. The summed E-state index contributed by atoms with van der Waals surface area (Å²) >= 11 is 13.7. The summed E-state index contributed by atoms with van der Waals surface area (Å²) in [4.78, 5) is 18.7. The summed E-state index contributed by atoms with van der Waals surface area (Å²) in [6, 6.07) is 18.3. The molecule has 0 aliphatic heterocycles. The number of anilines is 1. The summed E-state index contributed by atoms with van der Waals surface area (Å²) in [6.45, 7) is 0. The Balaban J connectivity index is 1.80. The van der Waals surface area contributed by atoms with Crippen LogP contribution in [-0.2, 0) is 0 Å². The summed E-state index contributed by atoms with van der Waals surface area (Å²) < 4.78 is 0. The second-order valence-corrected chi connectivity index (χ2v) is 7.42. The minimum Gasteiger partial charge on any atom is -0.321 e.